The number of hydrogen-bond donors (Lipinski definition) is 1. The minimum absolute atomic E-state index is 0.317. The van der Waals surface area contributed by atoms with Crippen LogP contribution in [0.2, 0.25) is 0 Å². The fourth-order valence-electron chi connectivity index (χ4n) is 2.09. The van der Waals surface area contributed by atoms with E-state index in [1.807, 2.05) is 0 Å². The highest BCUT2D eigenvalue weighted by Gasteiger charge is 2.23. The van der Waals surface area contributed by atoms with Crippen molar-refractivity contribution in [3.63, 3.8) is 0 Å². The Bertz CT molecular complexity index is 329. The van der Waals surface area contributed by atoms with Gasteiger partial charge < -0.3 is 10.0 Å². The van der Waals surface area contributed by atoms with Gasteiger partial charge in [0, 0.05) is 30.5 Å². The molecule has 1 saturated heterocycles. The number of para-hydroxylation sites is 1. The van der Waals surface area contributed by atoms with Crippen LogP contribution in [-0.4, -0.2) is 31.1 Å². The van der Waals surface area contributed by atoms with Crippen LogP contribution in [0, 0.1) is 5.92 Å². The zero-order valence-corrected chi connectivity index (χ0v) is 9.83. The van der Waals surface area contributed by atoms with E-state index in [1.54, 1.807) is 11.8 Å². The van der Waals surface area contributed by atoms with Crippen molar-refractivity contribution >= 4 is 17.4 Å². The van der Waals surface area contributed by atoms with Gasteiger partial charge in [-0.2, -0.15) is 0 Å². The average Bonchev–Trinajstić information content (AvgIpc) is 2.77. The van der Waals surface area contributed by atoms with Crippen LogP contribution in [0.5, 0.6) is 0 Å². The topological polar surface area (TPSA) is 23.5 Å². The van der Waals surface area contributed by atoms with Crippen LogP contribution < -0.4 is 4.90 Å². The Labute approximate surface area is 95.3 Å². The summed E-state index contributed by atoms with van der Waals surface area (Å²) >= 11 is 1.79. The third kappa shape index (κ3) is 2.29. The average molecular weight is 223 g/mol. The summed E-state index contributed by atoms with van der Waals surface area (Å²) in [6, 6.07) is 8.49. The molecule has 0 aromatic heterocycles. The highest BCUT2D eigenvalue weighted by atomic mass is 32.2. The van der Waals surface area contributed by atoms with Gasteiger partial charge in [0.2, 0.25) is 0 Å². The van der Waals surface area contributed by atoms with Gasteiger partial charge >= 0.3 is 0 Å². The monoisotopic (exact) mass is 223 g/mol. The minimum Gasteiger partial charge on any atom is -0.396 e. The molecule has 1 unspecified atom stereocenters. The lowest BCUT2D eigenvalue weighted by Gasteiger charge is -2.21. The molecule has 15 heavy (non-hydrogen) atoms. The van der Waals surface area contributed by atoms with Crippen LogP contribution in [0.25, 0.3) is 0 Å². The van der Waals surface area contributed by atoms with E-state index in [1.165, 1.54) is 10.6 Å². The molecule has 2 rings (SSSR count). The van der Waals surface area contributed by atoms with E-state index >= 15 is 0 Å². The van der Waals surface area contributed by atoms with Gasteiger partial charge in [-0.25, -0.2) is 0 Å². The first-order chi connectivity index (χ1) is 7.35. The molecule has 3 heteroatoms. The molecule has 1 N–H and O–H groups in total. The molecule has 0 aliphatic carbocycles. The van der Waals surface area contributed by atoms with E-state index in [-0.39, 0.29) is 0 Å². The second-order valence-electron chi connectivity index (χ2n) is 3.96. The molecule has 0 bridgehead atoms. The summed E-state index contributed by atoms with van der Waals surface area (Å²) in [6.07, 6.45) is 3.22. The SMILES string of the molecule is CSc1ccccc1N1CCC(CO)C1. The van der Waals surface area contributed by atoms with Crippen molar-refractivity contribution in [2.24, 2.45) is 5.92 Å². The second kappa shape index (κ2) is 4.90. The first kappa shape index (κ1) is 10.8. The summed E-state index contributed by atoms with van der Waals surface area (Å²) in [6.45, 7) is 2.38. The number of aliphatic hydroxyl groups is 1. The minimum atomic E-state index is 0.317. The van der Waals surface area contributed by atoms with Gasteiger partial charge in [0.05, 0.1) is 5.69 Å². The van der Waals surface area contributed by atoms with Gasteiger partial charge in [0.25, 0.3) is 0 Å². The Morgan fingerprint density at radius 3 is 2.93 bits per heavy atom. The molecule has 2 nitrogen and oxygen atoms in total. The maximum atomic E-state index is 9.13. The van der Waals surface area contributed by atoms with E-state index in [9.17, 15) is 0 Å². The lowest BCUT2D eigenvalue weighted by molar-refractivity contribution is 0.238. The molecule has 0 amide bonds. The summed E-state index contributed by atoms with van der Waals surface area (Å²) < 4.78 is 0. The molecule has 0 radical (unpaired) electrons. The number of aliphatic hydroxyl groups excluding tert-OH is 1. The van der Waals surface area contributed by atoms with E-state index < -0.39 is 0 Å². The fourth-order valence-corrected chi connectivity index (χ4v) is 2.71. The quantitative estimate of drug-likeness (QED) is 0.795. The first-order valence-electron chi connectivity index (χ1n) is 5.34. The van der Waals surface area contributed by atoms with E-state index in [0.717, 1.165) is 19.5 Å². The van der Waals surface area contributed by atoms with Crippen molar-refractivity contribution in [3.8, 4) is 0 Å². The van der Waals surface area contributed by atoms with Gasteiger partial charge in [-0.3, -0.25) is 0 Å². The number of anilines is 1. The summed E-state index contributed by atoms with van der Waals surface area (Å²) in [5, 5.41) is 9.13. The van der Waals surface area contributed by atoms with E-state index in [4.69, 9.17) is 5.11 Å². The standard InChI is InChI=1S/C12H17NOS/c1-15-12-5-3-2-4-11(12)13-7-6-10(8-13)9-14/h2-5,10,14H,6-9H2,1H3. The molecule has 82 valence electrons. The molecule has 1 aromatic carbocycles. The van der Waals surface area contributed by atoms with Gasteiger partial charge in [-0.05, 0) is 24.8 Å². The highest BCUT2D eigenvalue weighted by Crippen LogP contribution is 2.31. The number of hydrogen-bond acceptors (Lipinski definition) is 3. The first-order valence-corrected chi connectivity index (χ1v) is 6.56. The van der Waals surface area contributed by atoms with E-state index in [2.05, 4.69) is 35.4 Å². The van der Waals surface area contributed by atoms with Crippen molar-refractivity contribution < 1.29 is 5.11 Å². The van der Waals surface area contributed by atoms with Crippen LogP contribution in [0.1, 0.15) is 6.42 Å². The molecule has 1 fully saturated rings. The Morgan fingerprint density at radius 2 is 2.27 bits per heavy atom. The predicted molar refractivity (Wildman–Crippen MR) is 65.6 cm³/mol. The molecule has 1 aliphatic rings. The lowest BCUT2D eigenvalue weighted by Crippen LogP contribution is -2.21. The molecular weight excluding hydrogens is 206 g/mol. The summed E-state index contributed by atoms with van der Waals surface area (Å²) in [5.74, 6) is 0.458. The van der Waals surface area contributed by atoms with Gasteiger partial charge in [0.1, 0.15) is 0 Å². The lowest BCUT2D eigenvalue weighted by atomic mass is 10.1. The van der Waals surface area contributed by atoms with Crippen LogP contribution >= 0.6 is 11.8 Å². The molecule has 0 spiro atoms. The zero-order chi connectivity index (χ0) is 10.7. The maximum absolute atomic E-state index is 9.13. The number of thioether (sulfide) groups is 1. The van der Waals surface area contributed by atoms with Crippen molar-refractivity contribution in [2.75, 3.05) is 30.9 Å². The van der Waals surface area contributed by atoms with E-state index in [0.29, 0.717) is 12.5 Å². The van der Waals surface area contributed by atoms with Gasteiger partial charge in [-0.1, -0.05) is 12.1 Å². The van der Waals surface area contributed by atoms with Crippen molar-refractivity contribution in [1.29, 1.82) is 0 Å². The second-order valence-corrected chi connectivity index (χ2v) is 4.80. The zero-order valence-electron chi connectivity index (χ0n) is 9.02. The Kier molecular flexibility index (Phi) is 3.54. The normalized spacial score (nSPS) is 20.9. The van der Waals surface area contributed by atoms with Crippen molar-refractivity contribution in [3.05, 3.63) is 24.3 Å². The number of rotatable bonds is 3. The predicted octanol–water partition coefficient (Wildman–Crippen LogP) is 2.23. The fraction of sp³-hybridized carbons (Fsp3) is 0.500. The number of benzene rings is 1. The third-order valence-corrected chi connectivity index (χ3v) is 3.75. The van der Waals surface area contributed by atoms with Crippen LogP contribution in [0.15, 0.2) is 29.2 Å². The largest absolute Gasteiger partial charge is 0.396 e. The van der Waals surface area contributed by atoms with Crippen molar-refractivity contribution in [1.82, 2.24) is 0 Å². The highest BCUT2D eigenvalue weighted by molar-refractivity contribution is 7.98. The Morgan fingerprint density at radius 1 is 1.47 bits per heavy atom. The molecule has 1 aliphatic heterocycles. The summed E-state index contributed by atoms with van der Waals surface area (Å²) in [5.41, 5.74) is 1.32. The van der Waals surface area contributed by atoms with Crippen LogP contribution in [0.3, 0.4) is 0 Å². The summed E-state index contributed by atoms with van der Waals surface area (Å²) in [4.78, 5) is 3.71. The van der Waals surface area contributed by atoms with Gasteiger partial charge in [0.15, 0.2) is 0 Å². The Hall–Kier alpha value is -0.670. The third-order valence-electron chi connectivity index (χ3n) is 2.97. The number of nitrogens with zero attached hydrogens (tertiary/aromatic N) is 1. The molecular formula is C12H17NOS. The summed E-state index contributed by atoms with van der Waals surface area (Å²) in [7, 11) is 0. The maximum Gasteiger partial charge on any atom is 0.0504 e. The van der Waals surface area contributed by atoms with Crippen LogP contribution in [0.4, 0.5) is 5.69 Å². The molecule has 1 heterocycles. The molecule has 1 atom stereocenters. The molecule has 1 aromatic rings. The van der Waals surface area contributed by atoms with Crippen LogP contribution in [-0.2, 0) is 0 Å². The van der Waals surface area contributed by atoms with Crippen molar-refractivity contribution in [2.45, 2.75) is 11.3 Å². The smallest absolute Gasteiger partial charge is 0.0504 e. The Balaban J connectivity index is 2.16. The molecule has 0 saturated carbocycles. The van der Waals surface area contributed by atoms with Gasteiger partial charge in [-0.15, -0.1) is 11.8 Å².